The van der Waals surface area contributed by atoms with Gasteiger partial charge in [-0.3, -0.25) is 0 Å². The maximum absolute atomic E-state index is 7.02. The molecule has 0 bridgehead atoms. The average Bonchev–Trinajstić information content (AvgIpc) is 2.33. The summed E-state index contributed by atoms with van der Waals surface area (Å²) in [5.74, 6) is 1.30. The molecule has 0 atom stereocenters. The summed E-state index contributed by atoms with van der Waals surface area (Å²) < 4.78 is 6.62. The molecule has 0 aliphatic rings. The molecule has 0 unspecified atom stereocenters. The maximum atomic E-state index is 7.02. The second-order valence-corrected chi connectivity index (χ2v) is 4.05. The number of nitrogens with zero attached hydrogens (tertiary/aromatic N) is 1. The van der Waals surface area contributed by atoms with Gasteiger partial charge >= 0.3 is 0 Å². The predicted molar refractivity (Wildman–Crippen MR) is 66.9 cm³/mol. The number of halogens is 1. The summed E-state index contributed by atoms with van der Waals surface area (Å²) in [5, 5.41) is 0. The highest BCUT2D eigenvalue weighted by atomic mass is 79.9. The van der Waals surface area contributed by atoms with Crippen LogP contribution >= 0.6 is 15.9 Å². The normalized spacial score (nSPS) is 9.50. The molecule has 2 aromatic rings. The van der Waals surface area contributed by atoms with Crippen molar-refractivity contribution >= 4 is 21.6 Å². The smallest absolute Gasteiger partial charge is 0.228 e. The molecule has 0 saturated heterocycles. The molecule has 16 heavy (non-hydrogen) atoms. The zero-order chi connectivity index (χ0) is 11.4. The van der Waals surface area contributed by atoms with E-state index in [-0.39, 0.29) is 0 Å². The highest BCUT2D eigenvalue weighted by Gasteiger charge is 2.03. The van der Waals surface area contributed by atoms with E-state index in [1.54, 1.807) is 12.1 Å². The van der Waals surface area contributed by atoms with Gasteiger partial charge in [-0.25, -0.2) is 4.85 Å². The van der Waals surface area contributed by atoms with Crippen molar-refractivity contribution < 1.29 is 4.74 Å². The Morgan fingerprint density at radius 3 is 2.38 bits per heavy atom. The van der Waals surface area contributed by atoms with Crippen LogP contribution < -0.4 is 4.74 Å². The van der Waals surface area contributed by atoms with Crippen molar-refractivity contribution in [1.82, 2.24) is 0 Å². The van der Waals surface area contributed by atoms with Crippen LogP contribution in [-0.2, 0) is 0 Å². The molecule has 0 spiro atoms. The SMILES string of the molecule is [C-]#[N+]c1ccccc1Oc1ccc(Br)cc1. The first-order chi connectivity index (χ1) is 7.79. The Labute approximate surface area is 102 Å². The van der Waals surface area contributed by atoms with Gasteiger partial charge < -0.3 is 4.74 Å². The van der Waals surface area contributed by atoms with Crippen LogP contribution in [0.1, 0.15) is 0 Å². The van der Waals surface area contributed by atoms with E-state index in [2.05, 4.69) is 20.8 Å². The van der Waals surface area contributed by atoms with Crippen LogP contribution in [0, 0.1) is 6.57 Å². The minimum Gasteiger partial charge on any atom is -0.468 e. The third-order valence-corrected chi connectivity index (χ3v) is 2.56. The van der Waals surface area contributed by atoms with Crippen molar-refractivity contribution in [2.24, 2.45) is 0 Å². The zero-order valence-electron chi connectivity index (χ0n) is 8.35. The topological polar surface area (TPSA) is 13.6 Å². The molecule has 0 heterocycles. The number of ether oxygens (including phenoxy) is 1. The largest absolute Gasteiger partial charge is 0.468 e. The lowest BCUT2D eigenvalue weighted by Gasteiger charge is -2.06. The lowest BCUT2D eigenvalue weighted by Crippen LogP contribution is -1.83. The first-order valence-corrected chi connectivity index (χ1v) is 5.49. The number of para-hydroxylation sites is 2. The Kier molecular flexibility index (Phi) is 3.23. The summed E-state index contributed by atoms with van der Waals surface area (Å²) >= 11 is 3.35. The summed E-state index contributed by atoms with van der Waals surface area (Å²) in [6.07, 6.45) is 0. The van der Waals surface area contributed by atoms with E-state index in [4.69, 9.17) is 11.3 Å². The van der Waals surface area contributed by atoms with E-state index >= 15 is 0 Å². The van der Waals surface area contributed by atoms with Crippen LogP contribution in [0.25, 0.3) is 4.85 Å². The minimum absolute atomic E-state index is 0.519. The van der Waals surface area contributed by atoms with Crippen molar-refractivity contribution in [2.75, 3.05) is 0 Å². The van der Waals surface area contributed by atoms with Gasteiger partial charge in [0.05, 0.1) is 6.57 Å². The summed E-state index contributed by atoms with van der Waals surface area (Å²) in [4.78, 5) is 3.40. The fraction of sp³-hybridized carbons (Fsp3) is 0. The Balaban J connectivity index is 2.27. The van der Waals surface area contributed by atoms with E-state index in [1.165, 1.54) is 0 Å². The van der Waals surface area contributed by atoms with Crippen molar-refractivity contribution in [2.45, 2.75) is 0 Å². The van der Waals surface area contributed by atoms with Crippen LogP contribution in [0.3, 0.4) is 0 Å². The molecule has 2 nitrogen and oxygen atoms in total. The van der Waals surface area contributed by atoms with E-state index in [1.807, 2.05) is 36.4 Å². The van der Waals surface area contributed by atoms with Crippen LogP contribution in [0.5, 0.6) is 11.5 Å². The van der Waals surface area contributed by atoms with E-state index in [0.717, 1.165) is 10.2 Å². The standard InChI is InChI=1S/C13H8BrNO/c1-15-12-4-2-3-5-13(12)16-11-8-6-10(14)7-9-11/h2-9H. The van der Waals surface area contributed by atoms with Crippen molar-refractivity contribution in [3.63, 3.8) is 0 Å². The lowest BCUT2D eigenvalue weighted by atomic mass is 10.3. The van der Waals surface area contributed by atoms with Crippen LogP contribution in [-0.4, -0.2) is 0 Å². The van der Waals surface area contributed by atoms with E-state index in [9.17, 15) is 0 Å². The fourth-order valence-electron chi connectivity index (χ4n) is 1.27. The first-order valence-electron chi connectivity index (χ1n) is 4.69. The van der Waals surface area contributed by atoms with Crippen molar-refractivity contribution in [3.05, 3.63) is 64.4 Å². The molecule has 0 N–H and O–H groups in total. The molecule has 0 aliphatic carbocycles. The summed E-state index contributed by atoms with van der Waals surface area (Å²) in [6.45, 7) is 7.02. The lowest BCUT2D eigenvalue weighted by molar-refractivity contribution is 0.485. The molecule has 0 aliphatic heterocycles. The first kappa shape index (κ1) is 10.7. The molecule has 2 aromatic carbocycles. The Morgan fingerprint density at radius 1 is 1.00 bits per heavy atom. The van der Waals surface area contributed by atoms with Crippen LogP contribution in [0.2, 0.25) is 0 Å². The minimum atomic E-state index is 0.519. The molecular weight excluding hydrogens is 266 g/mol. The molecule has 0 radical (unpaired) electrons. The van der Waals surface area contributed by atoms with Crippen molar-refractivity contribution in [1.29, 1.82) is 0 Å². The second kappa shape index (κ2) is 4.82. The highest BCUT2D eigenvalue weighted by Crippen LogP contribution is 2.31. The molecule has 3 heteroatoms. The Bertz CT molecular complexity index is 528. The second-order valence-electron chi connectivity index (χ2n) is 3.14. The number of hydrogen-bond acceptors (Lipinski definition) is 1. The number of rotatable bonds is 2. The molecule has 0 amide bonds. The summed E-state index contributed by atoms with van der Waals surface area (Å²) in [6, 6.07) is 14.7. The molecule has 0 aromatic heterocycles. The van der Waals surface area contributed by atoms with Gasteiger partial charge in [0, 0.05) is 4.47 Å². The summed E-state index contributed by atoms with van der Waals surface area (Å²) in [5.41, 5.74) is 0.519. The molecule has 2 rings (SSSR count). The Hall–Kier alpha value is -1.79. The van der Waals surface area contributed by atoms with Crippen LogP contribution in [0.15, 0.2) is 53.0 Å². The van der Waals surface area contributed by atoms with Gasteiger partial charge in [0.1, 0.15) is 11.5 Å². The monoisotopic (exact) mass is 273 g/mol. The van der Waals surface area contributed by atoms with Gasteiger partial charge in [0.25, 0.3) is 0 Å². The zero-order valence-corrected chi connectivity index (χ0v) is 9.94. The van der Waals surface area contributed by atoms with Crippen LogP contribution in [0.4, 0.5) is 5.69 Å². The predicted octanol–water partition coefficient (Wildman–Crippen LogP) is 4.79. The summed E-state index contributed by atoms with van der Waals surface area (Å²) in [7, 11) is 0. The highest BCUT2D eigenvalue weighted by molar-refractivity contribution is 9.10. The third-order valence-electron chi connectivity index (χ3n) is 2.03. The van der Waals surface area contributed by atoms with E-state index < -0.39 is 0 Å². The molecule has 0 saturated carbocycles. The average molecular weight is 274 g/mol. The van der Waals surface area contributed by atoms with Gasteiger partial charge in [-0.15, -0.1) is 0 Å². The van der Waals surface area contributed by atoms with Gasteiger partial charge in [-0.2, -0.15) is 0 Å². The number of benzene rings is 2. The third kappa shape index (κ3) is 2.41. The molecule has 0 fully saturated rings. The van der Waals surface area contributed by atoms with Gasteiger partial charge in [-0.1, -0.05) is 34.1 Å². The van der Waals surface area contributed by atoms with E-state index in [0.29, 0.717) is 11.4 Å². The fourth-order valence-corrected chi connectivity index (χ4v) is 1.53. The maximum Gasteiger partial charge on any atom is 0.228 e. The van der Waals surface area contributed by atoms with Gasteiger partial charge in [0.2, 0.25) is 5.69 Å². The van der Waals surface area contributed by atoms with Gasteiger partial charge in [-0.05, 0) is 30.3 Å². The molecule has 78 valence electrons. The Morgan fingerprint density at radius 2 is 1.69 bits per heavy atom. The quantitative estimate of drug-likeness (QED) is 0.718. The number of hydrogen-bond donors (Lipinski definition) is 0. The van der Waals surface area contributed by atoms with Gasteiger partial charge in [0.15, 0.2) is 0 Å². The molecular formula is C13H8BrNO. The van der Waals surface area contributed by atoms with Crippen molar-refractivity contribution in [3.8, 4) is 11.5 Å².